The summed E-state index contributed by atoms with van der Waals surface area (Å²) in [7, 11) is 0. The predicted octanol–water partition coefficient (Wildman–Crippen LogP) is -0.163. The maximum Gasteiger partial charge on any atom is 0.321 e. The summed E-state index contributed by atoms with van der Waals surface area (Å²) in [5.74, 6) is 1.04. The van der Waals surface area contributed by atoms with Crippen molar-refractivity contribution in [3.05, 3.63) is 0 Å². The van der Waals surface area contributed by atoms with Gasteiger partial charge in [0.25, 0.3) is 0 Å². The van der Waals surface area contributed by atoms with Crippen molar-refractivity contribution < 1.29 is 9.90 Å². The van der Waals surface area contributed by atoms with Gasteiger partial charge in [-0.25, -0.2) is 0 Å². The first-order valence-electron chi connectivity index (χ1n) is 4.50. The molecule has 1 unspecified atom stereocenters. The van der Waals surface area contributed by atoms with Crippen LogP contribution < -0.4 is 5.73 Å². The van der Waals surface area contributed by atoms with Crippen molar-refractivity contribution in [2.45, 2.75) is 12.5 Å². The minimum Gasteiger partial charge on any atom is -0.480 e. The first kappa shape index (κ1) is 10.8. The van der Waals surface area contributed by atoms with Crippen LogP contribution >= 0.6 is 11.8 Å². The van der Waals surface area contributed by atoms with Crippen molar-refractivity contribution in [1.82, 2.24) is 4.90 Å². The maximum atomic E-state index is 10.8. The van der Waals surface area contributed by atoms with E-state index in [2.05, 4.69) is 0 Å². The predicted molar refractivity (Wildman–Crippen MR) is 54.0 cm³/mol. The molecule has 0 bridgehead atoms. The van der Waals surface area contributed by atoms with E-state index in [1.807, 2.05) is 4.90 Å². The van der Waals surface area contributed by atoms with Gasteiger partial charge in [-0.15, -0.1) is 0 Å². The fourth-order valence-electron chi connectivity index (χ4n) is 1.43. The molecule has 13 heavy (non-hydrogen) atoms. The Kier molecular flexibility index (Phi) is 4.55. The normalized spacial score (nSPS) is 24.5. The number of hydrogen-bond acceptors (Lipinski definition) is 4. The van der Waals surface area contributed by atoms with Crippen LogP contribution in [0.5, 0.6) is 0 Å². The zero-order valence-corrected chi connectivity index (χ0v) is 8.42. The molecule has 0 saturated carbocycles. The molecule has 0 aromatic rings. The largest absolute Gasteiger partial charge is 0.480 e. The van der Waals surface area contributed by atoms with E-state index in [9.17, 15) is 4.79 Å². The van der Waals surface area contributed by atoms with Crippen LogP contribution in [-0.4, -0.2) is 53.2 Å². The molecule has 0 radical (unpaired) electrons. The Balaban J connectivity index is 2.41. The molecule has 1 atom stereocenters. The van der Waals surface area contributed by atoms with Crippen molar-refractivity contribution >= 4 is 17.7 Å². The number of nitrogens with zero attached hydrogens (tertiary/aromatic N) is 1. The smallest absolute Gasteiger partial charge is 0.321 e. The van der Waals surface area contributed by atoms with Gasteiger partial charge in [0.05, 0.1) is 0 Å². The molecule has 0 aromatic heterocycles. The number of carboxylic acid groups (broad SMARTS) is 1. The van der Waals surface area contributed by atoms with Gasteiger partial charge in [0.2, 0.25) is 0 Å². The van der Waals surface area contributed by atoms with E-state index < -0.39 is 5.97 Å². The molecule has 1 heterocycles. The van der Waals surface area contributed by atoms with Gasteiger partial charge in [-0.05, 0) is 13.0 Å². The average molecular weight is 204 g/mol. The lowest BCUT2D eigenvalue weighted by atomic mass is 10.2. The summed E-state index contributed by atoms with van der Waals surface area (Å²) in [4.78, 5) is 12.9. The second-order valence-electron chi connectivity index (χ2n) is 3.11. The number of carbonyl (C=O) groups is 1. The topological polar surface area (TPSA) is 66.6 Å². The monoisotopic (exact) mass is 204 g/mol. The van der Waals surface area contributed by atoms with E-state index in [-0.39, 0.29) is 6.04 Å². The second kappa shape index (κ2) is 5.47. The summed E-state index contributed by atoms with van der Waals surface area (Å²) in [6, 6.07) is -0.301. The highest BCUT2D eigenvalue weighted by atomic mass is 32.2. The molecule has 1 saturated heterocycles. The lowest BCUT2D eigenvalue weighted by Crippen LogP contribution is -2.47. The Labute approximate surface area is 82.5 Å². The molecule has 76 valence electrons. The van der Waals surface area contributed by atoms with E-state index in [1.165, 1.54) is 0 Å². The fraction of sp³-hybridized carbons (Fsp3) is 0.875. The molecule has 1 rings (SSSR count). The molecule has 0 aliphatic carbocycles. The lowest BCUT2D eigenvalue weighted by molar-refractivity contribution is -0.142. The van der Waals surface area contributed by atoms with Crippen molar-refractivity contribution in [3.63, 3.8) is 0 Å². The molecule has 4 nitrogen and oxygen atoms in total. The van der Waals surface area contributed by atoms with Crippen LogP contribution in [0.2, 0.25) is 0 Å². The summed E-state index contributed by atoms with van der Waals surface area (Å²) in [6.07, 6.45) is 0.883. The van der Waals surface area contributed by atoms with Crippen molar-refractivity contribution in [1.29, 1.82) is 0 Å². The second-order valence-corrected chi connectivity index (χ2v) is 4.26. The molecule has 0 aromatic carbocycles. The van der Waals surface area contributed by atoms with Gasteiger partial charge < -0.3 is 10.8 Å². The fourth-order valence-corrected chi connectivity index (χ4v) is 2.53. The number of aliphatic carboxylic acids is 1. The molecule has 0 spiro atoms. The zero-order valence-electron chi connectivity index (χ0n) is 7.61. The number of thioether (sulfide) groups is 1. The Hall–Kier alpha value is -0.260. The number of nitrogens with two attached hydrogens (primary N) is 1. The van der Waals surface area contributed by atoms with Crippen LogP contribution in [0.15, 0.2) is 0 Å². The van der Waals surface area contributed by atoms with Crippen molar-refractivity contribution in [2.24, 2.45) is 5.73 Å². The average Bonchev–Trinajstić information content (AvgIpc) is 2.15. The van der Waals surface area contributed by atoms with Crippen LogP contribution in [0.4, 0.5) is 0 Å². The molecule has 1 fully saturated rings. The van der Waals surface area contributed by atoms with Crippen molar-refractivity contribution in [2.75, 3.05) is 31.1 Å². The maximum absolute atomic E-state index is 10.8. The first-order valence-corrected chi connectivity index (χ1v) is 5.66. The Morgan fingerprint density at radius 3 is 3.08 bits per heavy atom. The molecular weight excluding hydrogens is 188 g/mol. The lowest BCUT2D eigenvalue weighted by Gasteiger charge is -2.32. The Morgan fingerprint density at radius 2 is 2.46 bits per heavy atom. The SMILES string of the molecule is NCCCN1CCSCC1C(=O)O. The third-order valence-corrected chi connectivity index (χ3v) is 3.20. The molecule has 1 aliphatic heterocycles. The third-order valence-electron chi connectivity index (χ3n) is 2.17. The number of rotatable bonds is 4. The van der Waals surface area contributed by atoms with Gasteiger partial charge in [-0.2, -0.15) is 11.8 Å². The highest BCUT2D eigenvalue weighted by Crippen LogP contribution is 2.16. The molecular formula is C8H16N2O2S. The Bertz CT molecular complexity index is 178. The Morgan fingerprint density at radius 1 is 1.69 bits per heavy atom. The highest BCUT2D eigenvalue weighted by Gasteiger charge is 2.27. The van der Waals surface area contributed by atoms with Gasteiger partial charge >= 0.3 is 5.97 Å². The molecule has 3 N–H and O–H groups in total. The van der Waals surface area contributed by atoms with E-state index in [4.69, 9.17) is 10.8 Å². The van der Waals surface area contributed by atoms with Crippen LogP contribution in [-0.2, 0) is 4.79 Å². The van der Waals surface area contributed by atoms with Gasteiger partial charge in [0.1, 0.15) is 6.04 Å². The van der Waals surface area contributed by atoms with Crippen LogP contribution in [0.1, 0.15) is 6.42 Å². The highest BCUT2D eigenvalue weighted by molar-refractivity contribution is 7.99. The molecule has 1 aliphatic rings. The van der Waals surface area contributed by atoms with Gasteiger partial charge in [0, 0.05) is 24.6 Å². The minimum atomic E-state index is -0.704. The van der Waals surface area contributed by atoms with E-state index in [1.54, 1.807) is 11.8 Å². The number of hydrogen-bond donors (Lipinski definition) is 2. The summed E-state index contributed by atoms with van der Waals surface area (Å²) in [5, 5.41) is 8.92. The van der Waals surface area contributed by atoms with E-state index >= 15 is 0 Å². The van der Waals surface area contributed by atoms with Crippen LogP contribution in [0.3, 0.4) is 0 Å². The summed E-state index contributed by atoms with van der Waals surface area (Å²) in [5.41, 5.74) is 5.39. The van der Waals surface area contributed by atoms with E-state index in [0.717, 1.165) is 25.3 Å². The standard InChI is InChI=1S/C8H16N2O2S/c9-2-1-3-10-4-5-13-6-7(10)8(11)12/h7H,1-6,9H2,(H,11,12). The van der Waals surface area contributed by atoms with Crippen LogP contribution in [0.25, 0.3) is 0 Å². The van der Waals surface area contributed by atoms with Gasteiger partial charge in [-0.3, -0.25) is 9.69 Å². The molecule has 5 heteroatoms. The van der Waals surface area contributed by atoms with Gasteiger partial charge in [-0.1, -0.05) is 0 Å². The number of carboxylic acids is 1. The van der Waals surface area contributed by atoms with Gasteiger partial charge in [0.15, 0.2) is 0 Å². The van der Waals surface area contributed by atoms with Crippen LogP contribution in [0, 0.1) is 0 Å². The first-order chi connectivity index (χ1) is 6.25. The van der Waals surface area contributed by atoms with Crippen molar-refractivity contribution in [3.8, 4) is 0 Å². The zero-order chi connectivity index (χ0) is 9.68. The molecule has 0 amide bonds. The third kappa shape index (κ3) is 3.17. The van der Waals surface area contributed by atoms with E-state index in [0.29, 0.717) is 12.3 Å². The summed E-state index contributed by atoms with van der Waals surface area (Å²) < 4.78 is 0. The summed E-state index contributed by atoms with van der Waals surface area (Å²) in [6.45, 7) is 2.33. The quantitative estimate of drug-likeness (QED) is 0.666. The summed E-state index contributed by atoms with van der Waals surface area (Å²) >= 11 is 1.71. The minimum absolute atomic E-state index is 0.301.